The van der Waals surface area contributed by atoms with E-state index in [4.69, 9.17) is 0 Å². The first kappa shape index (κ1) is 17.8. The predicted octanol–water partition coefficient (Wildman–Crippen LogP) is 3.17. The fraction of sp³-hybridized carbons (Fsp3) is 0.476. The summed E-state index contributed by atoms with van der Waals surface area (Å²) in [7, 11) is 1.75. The third kappa shape index (κ3) is 3.48. The number of benzene rings is 1. The lowest BCUT2D eigenvalue weighted by Gasteiger charge is -2.20. The lowest BCUT2D eigenvalue weighted by molar-refractivity contribution is 0.0931. The van der Waals surface area contributed by atoms with E-state index in [1.165, 1.54) is 0 Å². The maximum Gasteiger partial charge on any atom is 0.294 e. The van der Waals surface area contributed by atoms with Crippen molar-refractivity contribution in [1.29, 1.82) is 0 Å². The third-order valence-electron chi connectivity index (χ3n) is 5.66. The Morgan fingerprint density at radius 1 is 1.11 bits per heavy atom. The summed E-state index contributed by atoms with van der Waals surface area (Å²) in [5, 5.41) is 3.12. The topological polar surface area (TPSA) is 67.2 Å². The molecule has 6 heteroatoms. The molecule has 6 nitrogen and oxygen atoms in total. The fourth-order valence-electron chi connectivity index (χ4n) is 4.13. The van der Waals surface area contributed by atoms with E-state index in [1.54, 1.807) is 11.9 Å². The van der Waals surface area contributed by atoms with Crippen molar-refractivity contribution in [2.24, 2.45) is 0 Å². The van der Waals surface area contributed by atoms with E-state index < -0.39 is 0 Å². The van der Waals surface area contributed by atoms with Crippen molar-refractivity contribution < 1.29 is 9.59 Å². The molecule has 1 N–H and O–H groups in total. The number of hydrogen-bond donors (Lipinski definition) is 1. The van der Waals surface area contributed by atoms with Gasteiger partial charge in [-0.15, -0.1) is 0 Å². The number of aromatic nitrogens is 2. The Hall–Kier alpha value is -2.63. The van der Waals surface area contributed by atoms with E-state index in [9.17, 15) is 9.59 Å². The molecule has 2 aliphatic rings. The van der Waals surface area contributed by atoms with Gasteiger partial charge in [0.25, 0.3) is 11.8 Å². The molecular formula is C21H26N4O2. The Morgan fingerprint density at radius 3 is 2.59 bits per heavy atom. The van der Waals surface area contributed by atoms with Crippen molar-refractivity contribution in [3.05, 3.63) is 47.5 Å². The molecule has 2 heterocycles. The standard InChI is InChI=1S/C21H26N4O2/c1-24(16-11-3-2-4-12-16)21(27)19-23-18(17-13-7-8-14-25(17)19)20(26)22-15-9-5-6-10-15/h2-4,11-12,15H,5-10,13-14H2,1H3,(H,22,26). The molecule has 1 saturated carbocycles. The van der Waals surface area contributed by atoms with Crippen LogP contribution in [0.2, 0.25) is 0 Å². The first-order valence-electron chi connectivity index (χ1n) is 9.88. The van der Waals surface area contributed by atoms with Crippen LogP contribution < -0.4 is 10.2 Å². The third-order valence-corrected chi connectivity index (χ3v) is 5.66. The Labute approximate surface area is 159 Å². The zero-order chi connectivity index (χ0) is 18.8. The average Bonchev–Trinajstić information content (AvgIpc) is 3.35. The molecular weight excluding hydrogens is 340 g/mol. The van der Waals surface area contributed by atoms with Gasteiger partial charge in [0.1, 0.15) is 5.69 Å². The van der Waals surface area contributed by atoms with Crippen molar-refractivity contribution in [3.63, 3.8) is 0 Å². The number of amides is 2. The average molecular weight is 366 g/mol. The molecule has 0 atom stereocenters. The summed E-state index contributed by atoms with van der Waals surface area (Å²) < 4.78 is 1.95. The van der Waals surface area contributed by atoms with Crippen molar-refractivity contribution in [2.75, 3.05) is 11.9 Å². The Bertz CT molecular complexity index is 837. The largest absolute Gasteiger partial charge is 0.348 e. The Balaban J connectivity index is 1.64. The summed E-state index contributed by atoms with van der Waals surface area (Å²) in [6.45, 7) is 0.739. The molecule has 4 rings (SSSR count). The molecule has 2 amide bonds. The smallest absolute Gasteiger partial charge is 0.294 e. The molecule has 27 heavy (non-hydrogen) atoms. The summed E-state index contributed by atoms with van der Waals surface area (Å²) in [5.41, 5.74) is 2.15. The van der Waals surface area contributed by atoms with Crippen LogP contribution in [-0.4, -0.2) is 34.5 Å². The maximum atomic E-state index is 13.1. The minimum atomic E-state index is -0.177. The number of carbonyl (C=O) groups is 2. The SMILES string of the molecule is CN(C(=O)c1nc(C(=O)NC2CCCC2)c2n1CCCC2)c1ccccc1. The van der Waals surface area contributed by atoms with E-state index in [1.807, 2.05) is 34.9 Å². The highest BCUT2D eigenvalue weighted by atomic mass is 16.2. The summed E-state index contributed by atoms with van der Waals surface area (Å²) >= 11 is 0. The normalized spacial score (nSPS) is 16.8. The van der Waals surface area contributed by atoms with Crippen LogP contribution in [0.5, 0.6) is 0 Å². The van der Waals surface area contributed by atoms with Crippen molar-refractivity contribution >= 4 is 17.5 Å². The Morgan fingerprint density at radius 2 is 1.85 bits per heavy atom. The highest BCUT2D eigenvalue weighted by Gasteiger charge is 2.30. The quantitative estimate of drug-likeness (QED) is 0.904. The van der Waals surface area contributed by atoms with Gasteiger partial charge in [-0.1, -0.05) is 31.0 Å². The van der Waals surface area contributed by atoms with Gasteiger partial charge in [-0.05, 0) is 44.2 Å². The van der Waals surface area contributed by atoms with Gasteiger partial charge in [0.05, 0.1) is 5.69 Å². The number of nitrogens with one attached hydrogen (secondary N) is 1. The van der Waals surface area contributed by atoms with Crippen molar-refractivity contribution in [1.82, 2.24) is 14.9 Å². The summed E-state index contributed by atoms with van der Waals surface area (Å²) in [4.78, 5) is 32.1. The molecule has 1 fully saturated rings. The molecule has 1 aromatic heterocycles. The van der Waals surface area contributed by atoms with E-state index >= 15 is 0 Å². The second kappa shape index (κ2) is 7.55. The van der Waals surface area contributed by atoms with Crippen molar-refractivity contribution in [3.8, 4) is 0 Å². The number of rotatable bonds is 4. The molecule has 0 unspecified atom stereocenters. The number of nitrogens with zero attached hydrogens (tertiary/aromatic N) is 3. The first-order chi connectivity index (χ1) is 13.1. The number of fused-ring (bicyclic) bond motifs is 1. The van der Waals surface area contributed by atoms with Crippen LogP contribution in [-0.2, 0) is 13.0 Å². The van der Waals surface area contributed by atoms with Gasteiger partial charge in [0.2, 0.25) is 5.82 Å². The van der Waals surface area contributed by atoms with Crippen LogP contribution in [0.25, 0.3) is 0 Å². The molecule has 1 aliphatic heterocycles. The minimum absolute atomic E-state index is 0.131. The highest BCUT2D eigenvalue weighted by Crippen LogP contribution is 2.24. The predicted molar refractivity (Wildman–Crippen MR) is 104 cm³/mol. The lowest BCUT2D eigenvalue weighted by Crippen LogP contribution is -2.33. The molecule has 0 saturated heterocycles. The fourth-order valence-corrected chi connectivity index (χ4v) is 4.13. The summed E-state index contributed by atoms with van der Waals surface area (Å²) in [6.07, 6.45) is 7.22. The van der Waals surface area contributed by atoms with E-state index in [0.717, 1.165) is 62.9 Å². The number of hydrogen-bond acceptors (Lipinski definition) is 3. The van der Waals surface area contributed by atoms with Crippen LogP contribution in [0.1, 0.15) is 65.3 Å². The van der Waals surface area contributed by atoms with Crippen LogP contribution in [0.4, 0.5) is 5.69 Å². The number of anilines is 1. The van der Waals surface area contributed by atoms with Gasteiger partial charge in [0, 0.05) is 25.3 Å². The van der Waals surface area contributed by atoms with Crippen LogP contribution in [0.3, 0.4) is 0 Å². The van der Waals surface area contributed by atoms with Gasteiger partial charge < -0.3 is 14.8 Å². The summed E-state index contributed by atoms with van der Waals surface area (Å²) in [6, 6.07) is 9.76. The van der Waals surface area contributed by atoms with Gasteiger partial charge >= 0.3 is 0 Å². The molecule has 0 radical (unpaired) electrons. The number of carbonyl (C=O) groups excluding carboxylic acids is 2. The van der Waals surface area contributed by atoms with Crippen LogP contribution in [0, 0.1) is 0 Å². The molecule has 142 valence electrons. The number of para-hydroxylation sites is 1. The lowest BCUT2D eigenvalue weighted by atomic mass is 10.1. The number of imidazole rings is 1. The zero-order valence-corrected chi connectivity index (χ0v) is 15.8. The van der Waals surface area contributed by atoms with Crippen molar-refractivity contribution in [2.45, 2.75) is 57.5 Å². The monoisotopic (exact) mass is 366 g/mol. The summed E-state index contributed by atoms with van der Waals surface area (Å²) in [5.74, 6) is 0.0610. The zero-order valence-electron chi connectivity index (χ0n) is 15.8. The van der Waals surface area contributed by atoms with Gasteiger partial charge in [-0.2, -0.15) is 0 Å². The Kier molecular flexibility index (Phi) is 4.97. The van der Waals surface area contributed by atoms with Gasteiger partial charge in [-0.25, -0.2) is 4.98 Å². The maximum absolute atomic E-state index is 13.1. The molecule has 0 spiro atoms. The second-order valence-corrected chi connectivity index (χ2v) is 7.49. The van der Waals surface area contributed by atoms with E-state index in [2.05, 4.69) is 10.3 Å². The van der Waals surface area contributed by atoms with E-state index in [0.29, 0.717) is 11.5 Å². The highest BCUT2D eigenvalue weighted by molar-refractivity contribution is 6.05. The molecule has 0 bridgehead atoms. The second-order valence-electron chi connectivity index (χ2n) is 7.49. The van der Waals surface area contributed by atoms with Gasteiger partial charge in [0.15, 0.2) is 0 Å². The van der Waals surface area contributed by atoms with Crippen LogP contribution in [0.15, 0.2) is 30.3 Å². The first-order valence-corrected chi connectivity index (χ1v) is 9.88. The minimum Gasteiger partial charge on any atom is -0.348 e. The molecule has 1 aromatic carbocycles. The molecule has 1 aliphatic carbocycles. The van der Waals surface area contributed by atoms with E-state index in [-0.39, 0.29) is 17.9 Å². The van der Waals surface area contributed by atoms with Gasteiger partial charge in [-0.3, -0.25) is 9.59 Å². The van der Waals surface area contributed by atoms with Crippen LogP contribution >= 0.6 is 0 Å². The molecule has 2 aromatic rings.